The maximum Gasteiger partial charge on any atom is 0.387 e. The zero-order valence-corrected chi connectivity index (χ0v) is 18.2. The number of ether oxygens (including phenoxy) is 3. The second-order valence-electron chi connectivity index (χ2n) is 6.85. The molecule has 1 heterocycles. The molecule has 0 aromatic heterocycles. The molecule has 0 aliphatic carbocycles. The molecule has 2 aromatic carbocycles. The normalized spacial score (nSPS) is 14.9. The summed E-state index contributed by atoms with van der Waals surface area (Å²) in [6, 6.07) is 10.00. The van der Waals surface area contributed by atoms with E-state index in [9.17, 15) is 22.0 Å². The number of sulfonamides is 1. The Hall–Kier alpha value is -2.76. The smallest absolute Gasteiger partial charge is 0.387 e. The van der Waals surface area contributed by atoms with E-state index in [4.69, 9.17) is 9.47 Å². The van der Waals surface area contributed by atoms with Gasteiger partial charge in [0.15, 0.2) is 0 Å². The predicted octanol–water partition coefficient (Wildman–Crippen LogP) is 2.89. The van der Waals surface area contributed by atoms with Gasteiger partial charge < -0.3 is 19.5 Å². The third-order valence-corrected chi connectivity index (χ3v) is 6.54. The Morgan fingerprint density at radius 1 is 1.16 bits per heavy atom. The molecule has 1 amide bonds. The standard InChI is InChI=1S/C21H24F2N2O6S/c1-2-30-19-8-7-17(32(27,28)25-9-11-29-12-10-25)14-18(19)24-20(26)13-15-3-5-16(6-4-15)31-21(22)23/h3-8,14,21H,2,9-13H2,1H3,(H,24,26). The van der Waals surface area contributed by atoms with Crippen LogP contribution in [0, 0.1) is 0 Å². The summed E-state index contributed by atoms with van der Waals surface area (Å²) in [4.78, 5) is 12.6. The summed E-state index contributed by atoms with van der Waals surface area (Å²) in [5, 5.41) is 2.68. The number of nitrogens with one attached hydrogen (secondary N) is 1. The van der Waals surface area contributed by atoms with Crippen molar-refractivity contribution >= 4 is 21.6 Å². The lowest BCUT2D eigenvalue weighted by Gasteiger charge is -2.26. The monoisotopic (exact) mass is 470 g/mol. The van der Waals surface area contributed by atoms with Gasteiger partial charge in [0.1, 0.15) is 11.5 Å². The fourth-order valence-corrected chi connectivity index (χ4v) is 4.59. The predicted molar refractivity (Wildman–Crippen MR) is 113 cm³/mol. The number of halogens is 2. The average Bonchev–Trinajstić information content (AvgIpc) is 2.76. The minimum absolute atomic E-state index is 0.0104. The molecule has 8 nitrogen and oxygen atoms in total. The molecule has 1 N–H and O–H groups in total. The number of hydrogen-bond acceptors (Lipinski definition) is 6. The number of amides is 1. The van der Waals surface area contributed by atoms with Crippen molar-refractivity contribution in [3.63, 3.8) is 0 Å². The van der Waals surface area contributed by atoms with Gasteiger partial charge in [0.25, 0.3) is 0 Å². The van der Waals surface area contributed by atoms with Crippen molar-refractivity contribution in [3.8, 4) is 11.5 Å². The van der Waals surface area contributed by atoms with Crippen molar-refractivity contribution in [2.45, 2.75) is 24.9 Å². The lowest BCUT2D eigenvalue weighted by molar-refractivity contribution is -0.115. The van der Waals surface area contributed by atoms with Gasteiger partial charge in [-0.3, -0.25) is 4.79 Å². The number of nitrogens with zero attached hydrogens (tertiary/aromatic N) is 1. The number of morpholine rings is 1. The number of carbonyl (C=O) groups is 1. The van der Waals surface area contributed by atoms with Crippen LogP contribution in [0.15, 0.2) is 47.4 Å². The van der Waals surface area contributed by atoms with Crippen LogP contribution in [-0.2, 0) is 26.0 Å². The third kappa shape index (κ3) is 6.15. The van der Waals surface area contributed by atoms with E-state index in [1.807, 2.05) is 0 Å². The maximum absolute atomic E-state index is 12.9. The van der Waals surface area contributed by atoms with Gasteiger partial charge in [0, 0.05) is 13.1 Å². The number of hydrogen-bond donors (Lipinski definition) is 1. The Kier molecular flexibility index (Phi) is 7.99. The van der Waals surface area contributed by atoms with Crippen LogP contribution in [0.5, 0.6) is 11.5 Å². The van der Waals surface area contributed by atoms with Crippen molar-refractivity contribution in [1.29, 1.82) is 0 Å². The van der Waals surface area contributed by atoms with Crippen LogP contribution < -0.4 is 14.8 Å². The molecule has 3 rings (SSSR count). The molecule has 0 saturated carbocycles. The average molecular weight is 470 g/mol. The first-order chi connectivity index (χ1) is 15.3. The summed E-state index contributed by atoms with van der Waals surface area (Å²) in [6.45, 7) is 0.312. The van der Waals surface area contributed by atoms with Crippen molar-refractivity contribution in [1.82, 2.24) is 4.31 Å². The zero-order chi connectivity index (χ0) is 23.1. The molecule has 32 heavy (non-hydrogen) atoms. The van der Waals surface area contributed by atoms with Crippen LogP contribution in [0.4, 0.5) is 14.5 Å². The molecular weight excluding hydrogens is 446 g/mol. The van der Waals surface area contributed by atoms with E-state index in [0.29, 0.717) is 31.1 Å². The van der Waals surface area contributed by atoms with Crippen molar-refractivity contribution < 1.29 is 36.2 Å². The van der Waals surface area contributed by atoms with Crippen molar-refractivity contribution in [2.24, 2.45) is 0 Å². The molecule has 2 aromatic rings. The van der Waals surface area contributed by atoms with Gasteiger partial charge in [0.05, 0.1) is 36.8 Å². The number of anilines is 1. The molecule has 174 valence electrons. The fraction of sp³-hybridized carbons (Fsp3) is 0.381. The number of benzene rings is 2. The SMILES string of the molecule is CCOc1ccc(S(=O)(=O)N2CCOCC2)cc1NC(=O)Cc1ccc(OC(F)F)cc1. The van der Waals surface area contributed by atoms with E-state index in [2.05, 4.69) is 10.1 Å². The second-order valence-corrected chi connectivity index (χ2v) is 8.79. The van der Waals surface area contributed by atoms with Crippen LogP contribution in [0.25, 0.3) is 0 Å². The van der Waals surface area contributed by atoms with E-state index in [-0.39, 0.29) is 35.8 Å². The summed E-state index contributed by atoms with van der Waals surface area (Å²) in [7, 11) is -3.75. The van der Waals surface area contributed by atoms with Gasteiger partial charge in [-0.2, -0.15) is 13.1 Å². The van der Waals surface area contributed by atoms with E-state index in [1.54, 1.807) is 6.92 Å². The molecule has 0 atom stereocenters. The van der Waals surface area contributed by atoms with Gasteiger partial charge in [-0.1, -0.05) is 12.1 Å². The zero-order valence-electron chi connectivity index (χ0n) is 17.4. The Balaban J connectivity index is 1.76. The molecule has 1 fully saturated rings. The molecule has 1 aliphatic rings. The third-order valence-electron chi connectivity index (χ3n) is 4.65. The molecule has 0 bridgehead atoms. The van der Waals surface area contributed by atoms with Crippen molar-refractivity contribution in [2.75, 3.05) is 38.2 Å². The minimum Gasteiger partial charge on any atom is -0.492 e. The van der Waals surface area contributed by atoms with Crippen LogP contribution in [-0.4, -0.2) is 58.2 Å². The highest BCUT2D eigenvalue weighted by atomic mass is 32.2. The fourth-order valence-electron chi connectivity index (χ4n) is 3.15. The second kappa shape index (κ2) is 10.7. The van der Waals surface area contributed by atoms with Gasteiger partial charge in [-0.15, -0.1) is 0 Å². The van der Waals surface area contributed by atoms with Crippen LogP contribution in [0.1, 0.15) is 12.5 Å². The Morgan fingerprint density at radius 3 is 2.47 bits per heavy atom. The van der Waals surface area contributed by atoms with Crippen molar-refractivity contribution in [3.05, 3.63) is 48.0 Å². The Bertz CT molecular complexity index is 1030. The molecule has 1 aliphatic heterocycles. The van der Waals surface area contributed by atoms with Gasteiger partial charge >= 0.3 is 6.61 Å². The first-order valence-corrected chi connectivity index (χ1v) is 11.4. The van der Waals surface area contributed by atoms with Crippen LogP contribution in [0.3, 0.4) is 0 Å². The Labute approximate surface area is 185 Å². The van der Waals surface area contributed by atoms with E-state index in [1.165, 1.54) is 46.8 Å². The topological polar surface area (TPSA) is 94.2 Å². The van der Waals surface area contributed by atoms with Crippen LogP contribution in [0.2, 0.25) is 0 Å². The largest absolute Gasteiger partial charge is 0.492 e. The van der Waals surface area contributed by atoms with Gasteiger partial charge in [0.2, 0.25) is 15.9 Å². The van der Waals surface area contributed by atoms with E-state index >= 15 is 0 Å². The summed E-state index contributed by atoms with van der Waals surface area (Å²) < 4.78 is 66.8. The molecule has 0 radical (unpaired) electrons. The summed E-state index contributed by atoms with van der Waals surface area (Å²) in [5.41, 5.74) is 0.794. The highest BCUT2D eigenvalue weighted by Gasteiger charge is 2.27. The van der Waals surface area contributed by atoms with Gasteiger partial charge in [-0.05, 0) is 42.8 Å². The number of rotatable bonds is 9. The maximum atomic E-state index is 12.9. The van der Waals surface area contributed by atoms with E-state index in [0.717, 1.165) is 0 Å². The lowest BCUT2D eigenvalue weighted by Crippen LogP contribution is -2.40. The highest BCUT2D eigenvalue weighted by molar-refractivity contribution is 7.89. The molecule has 11 heteroatoms. The summed E-state index contributed by atoms with van der Waals surface area (Å²) >= 11 is 0. The van der Waals surface area contributed by atoms with E-state index < -0.39 is 22.5 Å². The first-order valence-electron chi connectivity index (χ1n) is 9.98. The lowest BCUT2D eigenvalue weighted by atomic mass is 10.1. The first kappa shape index (κ1) is 23.9. The highest BCUT2D eigenvalue weighted by Crippen LogP contribution is 2.30. The summed E-state index contributed by atoms with van der Waals surface area (Å²) in [6.07, 6.45) is -0.0546. The van der Waals surface area contributed by atoms with Crippen LogP contribution >= 0.6 is 0 Å². The molecular formula is C21H24F2N2O6S. The molecule has 1 saturated heterocycles. The number of alkyl halides is 2. The summed E-state index contributed by atoms with van der Waals surface area (Å²) in [5.74, 6) is -0.0966. The number of carbonyl (C=O) groups excluding carboxylic acids is 1. The minimum atomic E-state index is -3.75. The van der Waals surface area contributed by atoms with Gasteiger partial charge in [-0.25, -0.2) is 8.42 Å². The molecule has 0 unspecified atom stereocenters. The Morgan fingerprint density at radius 2 is 1.84 bits per heavy atom. The molecule has 0 spiro atoms. The quantitative estimate of drug-likeness (QED) is 0.606.